The van der Waals surface area contributed by atoms with Crippen molar-refractivity contribution < 1.29 is 14.7 Å². The number of nitrogens with one attached hydrogen (secondary N) is 1. The largest absolute Gasteiger partial charge is 0.481 e. The fourth-order valence-corrected chi connectivity index (χ4v) is 2.65. The molecule has 0 aromatic heterocycles. The summed E-state index contributed by atoms with van der Waals surface area (Å²) >= 11 is 1.43. The van der Waals surface area contributed by atoms with Gasteiger partial charge in [-0.05, 0) is 18.6 Å². The Morgan fingerprint density at radius 2 is 2.19 bits per heavy atom. The van der Waals surface area contributed by atoms with Crippen LogP contribution in [0.5, 0.6) is 0 Å². The van der Waals surface area contributed by atoms with Crippen LogP contribution in [0.15, 0.2) is 29.2 Å². The molecule has 1 aliphatic heterocycles. The molecule has 0 saturated heterocycles. The van der Waals surface area contributed by atoms with Crippen LogP contribution in [-0.2, 0) is 9.59 Å². The molecule has 4 nitrogen and oxygen atoms in total. The highest BCUT2D eigenvalue weighted by Crippen LogP contribution is 2.36. The number of fused-ring (bicyclic) bond motifs is 1. The standard InChI is InChI=1S/C11H11NO3S/c13-10(14)6-5-9-11(15)12-7-3-1-2-4-8(7)16-9/h1-4,9H,5-6H2,(H,12,15)(H,13,14)/t9-/m0/s1. The maximum atomic E-state index is 11.6. The molecule has 0 spiro atoms. The van der Waals surface area contributed by atoms with E-state index in [4.69, 9.17) is 5.11 Å². The van der Waals surface area contributed by atoms with Crippen LogP contribution < -0.4 is 5.32 Å². The van der Waals surface area contributed by atoms with Crippen LogP contribution in [0.3, 0.4) is 0 Å². The van der Waals surface area contributed by atoms with E-state index >= 15 is 0 Å². The zero-order chi connectivity index (χ0) is 11.5. The molecule has 5 heteroatoms. The number of aliphatic carboxylic acids is 1. The number of carboxylic acids is 1. The zero-order valence-corrected chi connectivity index (χ0v) is 9.29. The molecule has 1 heterocycles. The van der Waals surface area contributed by atoms with Crippen LogP contribution in [0, 0.1) is 0 Å². The van der Waals surface area contributed by atoms with Gasteiger partial charge in [0.2, 0.25) is 5.91 Å². The van der Waals surface area contributed by atoms with Crippen LogP contribution in [0.4, 0.5) is 5.69 Å². The maximum Gasteiger partial charge on any atom is 0.303 e. The summed E-state index contributed by atoms with van der Waals surface area (Å²) in [4.78, 5) is 23.1. The summed E-state index contributed by atoms with van der Waals surface area (Å²) < 4.78 is 0. The molecule has 16 heavy (non-hydrogen) atoms. The van der Waals surface area contributed by atoms with Gasteiger partial charge >= 0.3 is 5.97 Å². The maximum absolute atomic E-state index is 11.6. The monoisotopic (exact) mass is 237 g/mol. The van der Waals surface area contributed by atoms with Gasteiger partial charge in [-0.2, -0.15) is 0 Å². The summed E-state index contributed by atoms with van der Waals surface area (Å²) in [5.41, 5.74) is 0.809. The van der Waals surface area contributed by atoms with Gasteiger partial charge in [-0.3, -0.25) is 9.59 Å². The quantitative estimate of drug-likeness (QED) is 0.843. The topological polar surface area (TPSA) is 66.4 Å². The number of amides is 1. The van der Waals surface area contributed by atoms with Gasteiger partial charge in [-0.15, -0.1) is 11.8 Å². The predicted octanol–water partition coefficient (Wildman–Crippen LogP) is 1.96. The second kappa shape index (κ2) is 4.57. The summed E-state index contributed by atoms with van der Waals surface area (Å²) in [5.74, 6) is -0.975. The Morgan fingerprint density at radius 3 is 2.94 bits per heavy atom. The molecular weight excluding hydrogens is 226 g/mol. The van der Waals surface area contributed by atoms with E-state index in [9.17, 15) is 9.59 Å². The summed E-state index contributed by atoms with van der Waals surface area (Å²) in [6, 6.07) is 7.52. The van der Waals surface area contributed by atoms with Gasteiger partial charge in [0.1, 0.15) is 0 Å². The molecule has 1 aliphatic rings. The number of para-hydroxylation sites is 1. The average Bonchev–Trinajstić information content (AvgIpc) is 2.26. The van der Waals surface area contributed by atoms with Crippen LogP contribution in [0.2, 0.25) is 0 Å². The molecular formula is C11H11NO3S. The first-order valence-corrected chi connectivity index (χ1v) is 5.83. The Kier molecular flexibility index (Phi) is 3.14. The third-order valence-corrected chi connectivity index (χ3v) is 3.67. The van der Waals surface area contributed by atoms with Crippen molar-refractivity contribution in [2.45, 2.75) is 23.0 Å². The van der Waals surface area contributed by atoms with Gasteiger partial charge in [-0.25, -0.2) is 0 Å². The van der Waals surface area contributed by atoms with Crippen molar-refractivity contribution in [3.63, 3.8) is 0 Å². The van der Waals surface area contributed by atoms with E-state index in [-0.39, 0.29) is 17.6 Å². The molecule has 2 rings (SSSR count). The minimum atomic E-state index is -0.868. The first-order chi connectivity index (χ1) is 7.66. The number of rotatable bonds is 3. The van der Waals surface area contributed by atoms with Gasteiger partial charge in [0.15, 0.2) is 0 Å². The summed E-state index contributed by atoms with van der Waals surface area (Å²) in [7, 11) is 0. The molecule has 0 radical (unpaired) electrons. The van der Waals surface area contributed by atoms with Crippen molar-refractivity contribution in [1.82, 2.24) is 0 Å². The molecule has 0 aliphatic carbocycles. The van der Waals surface area contributed by atoms with Crippen LogP contribution in [0.1, 0.15) is 12.8 Å². The third-order valence-electron chi connectivity index (χ3n) is 2.33. The van der Waals surface area contributed by atoms with E-state index in [2.05, 4.69) is 5.32 Å². The number of carbonyl (C=O) groups is 2. The molecule has 1 aromatic rings. The van der Waals surface area contributed by atoms with Gasteiger partial charge < -0.3 is 10.4 Å². The van der Waals surface area contributed by atoms with Crippen molar-refractivity contribution in [3.8, 4) is 0 Å². The molecule has 84 valence electrons. The van der Waals surface area contributed by atoms with Crippen LogP contribution in [0.25, 0.3) is 0 Å². The molecule has 1 atom stereocenters. The number of benzene rings is 1. The molecule has 1 aromatic carbocycles. The summed E-state index contributed by atoms with van der Waals surface area (Å²) in [6.07, 6.45) is 0.382. The number of carbonyl (C=O) groups excluding carboxylic acids is 1. The van der Waals surface area contributed by atoms with Crippen molar-refractivity contribution >= 4 is 29.3 Å². The summed E-state index contributed by atoms with van der Waals surface area (Å²) in [5, 5.41) is 11.1. The zero-order valence-electron chi connectivity index (χ0n) is 8.47. The predicted molar refractivity (Wildman–Crippen MR) is 61.6 cm³/mol. The molecule has 0 bridgehead atoms. The summed E-state index contributed by atoms with van der Waals surface area (Å²) in [6.45, 7) is 0. The van der Waals surface area contributed by atoms with E-state index in [0.717, 1.165) is 10.6 Å². The number of hydrogen-bond acceptors (Lipinski definition) is 3. The van der Waals surface area contributed by atoms with Crippen molar-refractivity contribution in [3.05, 3.63) is 24.3 Å². The van der Waals surface area contributed by atoms with Gasteiger partial charge in [0.25, 0.3) is 0 Å². The number of hydrogen-bond donors (Lipinski definition) is 2. The normalized spacial score (nSPS) is 18.8. The molecule has 0 fully saturated rings. The highest BCUT2D eigenvalue weighted by Gasteiger charge is 2.26. The van der Waals surface area contributed by atoms with E-state index in [1.54, 1.807) is 0 Å². The minimum absolute atomic E-state index is 0.0211. The SMILES string of the molecule is O=C(O)CC[C@@H]1Sc2ccccc2NC1=O. The van der Waals surface area contributed by atoms with E-state index in [0.29, 0.717) is 6.42 Å². The first-order valence-electron chi connectivity index (χ1n) is 4.95. The molecule has 1 amide bonds. The van der Waals surface area contributed by atoms with Gasteiger partial charge in [0.05, 0.1) is 10.9 Å². The van der Waals surface area contributed by atoms with Crippen molar-refractivity contribution in [2.24, 2.45) is 0 Å². The van der Waals surface area contributed by atoms with E-state index < -0.39 is 5.97 Å². The van der Waals surface area contributed by atoms with E-state index in [1.165, 1.54) is 11.8 Å². The van der Waals surface area contributed by atoms with Crippen molar-refractivity contribution in [2.75, 3.05) is 5.32 Å². The Hall–Kier alpha value is -1.49. The van der Waals surface area contributed by atoms with Crippen LogP contribution >= 0.6 is 11.8 Å². The third kappa shape index (κ3) is 2.36. The van der Waals surface area contributed by atoms with Crippen LogP contribution in [-0.4, -0.2) is 22.2 Å². The lowest BCUT2D eigenvalue weighted by molar-refractivity contribution is -0.137. The number of carboxylic acid groups (broad SMARTS) is 1. The fourth-order valence-electron chi connectivity index (χ4n) is 1.54. The second-order valence-corrected chi connectivity index (χ2v) is 4.77. The smallest absolute Gasteiger partial charge is 0.303 e. The van der Waals surface area contributed by atoms with Gasteiger partial charge in [-0.1, -0.05) is 12.1 Å². The highest BCUT2D eigenvalue weighted by atomic mass is 32.2. The number of thioether (sulfide) groups is 1. The molecule has 2 N–H and O–H groups in total. The lowest BCUT2D eigenvalue weighted by atomic mass is 10.2. The lowest BCUT2D eigenvalue weighted by Crippen LogP contribution is -2.29. The lowest BCUT2D eigenvalue weighted by Gasteiger charge is -2.23. The highest BCUT2D eigenvalue weighted by molar-refractivity contribution is 8.01. The second-order valence-electron chi connectivity index (χ2n) is 3.52. The molecule has 0 unspecified atom stereocenters. The fraction of sp³-hybridized carbons (Fsp3) is 0.273. The minimum Gasteiger partial charge on any atom is -0.481 e. The van der Waals surface area contributed by atoms with E-state index in [1.807, 2.05) is 24.3 Å². The average molecular weight is 237 g/mol. The Labute approximate surface area is 97.0 Å². The Bertz CT molecular complexity index is 433. The first kappa shape index (κ1) is 11.0. The van der Waals surface area contributed by atoms with Crippen molar-refractivity contribution in [1.29, 1.82) is 0 Å². The molecule has 0 saturated carbocycles. The Balaban J connectivity index is 2.09. The Morgan fingerprint density at radius 1 is 1.44 bits per heavy atom. The number of anilines is 1. The van der Waals surface area contributed by atoms with Gasteiger partial charge in [0, 0.05) is 11.3 Å².